The predicted molar refractivity (Wildman–Crippen MR) is 87.0 cm³/mol. The second-order valence-corrected chi connectivity index (χ2v) is 6.79. The molecule has 1 unspecified atom stereocenters. The van der Waals surface area contributed by atoms with Gasteiger partial charge in [-0.25, -0.2) is 0 Å². The zero-order chi connectivity index (χ0) is 15.6. The highest BCUT2D eigenvalue weighted by Gasteiger charge is 2.44. The summed E-state index contributed by atoms with van der Waals surface area (Å²) >= 11 is 6.01. The molecule has 2 N–H and O–H groups in total. The Labute approximate surface area is 136 Å². The van der Waals surface area contributed by atoms with Gasteiger partial charge in [0.25, 0.3) is 0 Å². The maximum absolute atomic E-state index is 13.3. The van der Waals surface area contributed by atoms with Gasteiger partial charge in [0.15, 0.2) is 0 Å². The van der Waals surface area contributed by atoms with E-state index in [4.69, 9.17) is 22.1 Å². The molecule has 120 valence electrons. The number of likely N-dealkylation sites (tertiary alicyclic amines) is 1. The number of hydrogen-bond donors (Lipinski definition) is 1. The van der Waals surface area contributed by atoms with Crippen LogP contribution in [0.1, 0.15) is 31.2 Å². The van der Waals surface area contributed by atoms with Crippen molar-refractivity contribution in [2.75, 3.05) is 26.3 Å². The summed E-state index contributed by atoms with van der Waals surface area (Å²) in [5, 5.41) is 0.693. The van der Waals surface area contributed by atoms with Crippen LogP contribution in [0.3, 0.4) is 0 Å². The summed E-state index contributed by atoms with van der Waals surface area (Å²) in [5.74, 6) is 0.202. The van der Waals surface area contributed by atoms with Gasteiger partial charge in [0.2, 0.25) is 5.91 Å². The van der Waals surface area contributed by atoms with Gasteiger partial charge in [-0.3, -0.25) is 4.79 Å². The van der Waals surface area contributed by atoms with E-state index in [1.807, 2.05) is 29.2 Å². The van der Waals surface area contributed by atoms with Crippen LogP contribution in [0, 0.1) is 0 Å². The Morgan fingerprint density at radius 3 is 2.59 bits per heavy atom. The summed E-state index contributed by atoms with van der Waals surface area (Å²) in [6.07, 6.45) is 3.43. The third kappa shape index (κ3) is 3.00. The fourth-order valence-corrected chi connectivity index (χ4v) is 3.74. The van der Waals surface area contributed by atoms with Crippen molar-refractivity contribution in [1.82, 2.24) is 4.90 Å². The number of nitrogens with zero attached hydrogens (tertiary/aromatic N) is 1. The number of carbonyl (C=O) groups excluding carboxylic acids is 1. The number of nitrogens with two attached hydrogens (primary N) is 1. The molecule has 2 heterocycles. The quantitative estimate of drug-likeness (QED) is 0.909. The summed E-state index contributed by atoms with van der Waals surface area (Å²) in [7, 11) is 0. The zero-order valence-corrected chi connectivity index (χ0v) is 13.5. The number of halogens is 1. The van der Waals surface area contributed by atoms with Gasteiger partial charge in [-0.1, -0.05) is 23.7 Å². The topological polar surface area (TPSA) is 55.6 Å². The minimum absolute atomic E-state index is 0.0970. The van der Waals surface area contributed by atoms with E-state index in [0.717, 1.165) is 37.8 Å². The average Bonchev–Trinajstić information content (AvgIpc) is 2.55. The lowest BCUT2D eigenvalue weighted by Gasteiger charge is -2.42. The Balaban J connectivity index is 1.91. The Bertz CT molecular complexity index is 526. The fourth-order valence-electron chi connectivity index (χ4n) is 3.61. The van der Waals surface area contributed by atoms with Crippen molar-refractivity contribution < 1.29 is 9.53 Å². The van der Waals surface area contributed by atoms with Gasteiger partial charge in [0.1, 0.15) is 0 Å². The van der Waals surface area contributed by atoms with E-state index in [-0.39, 0.29) is 11.9 Å². The molecule has 0 aromatic heterocycles. The van der Waals surface area contributed by atoms with Gasteiger partial charge in [-0.2, -0.15) is 0 Å². The molecular formula is C17H23ClN2O2. The molecule has 0 radical (unpaired) electrons. The number of carbonyl (C=O) groups is 1. The van der Waals surface area contributed by atoms with Crippen molar-refractivity contribution in [2.24, 2.45) is 5.73 Å². The maximum atomic E-state index is 13.3. The Hall–Kier alpha value is -1.10. The van der Waals surface area contributed by atoms with Crippen molar-refractivity contribution in [3.05, 3.63) is 34.9 Å². The van der Waals surface area contributed by atoms with Crippen LogP contribution >= 0.6 is 11.6 Å². The van der Waals surface area contributed by atoms with Gasteiger partial charge in [-0.15, -0.1) is 0 Å². The molecule has 1 amide bonds. The molecule has 2 fully saturated rings. The molecule has 2 aliphatic rings. The van der Waals surface area contributed by atoms with Gasteiger partial charge < -0.3 is 15.4 Å². The van der Waals surface area contributed by atoms with Crippen LogP contribution in [-0.2, 0) is 14.9 Å². The molecule has 0 bridgehead atoms. The van der Waals surface area contributed by atoms with Crippen LogP contribution in [0.25, 0.3) is 0 Å². The highest BCUT2D eigenvalue weighted by Crippen LogP contribution is 2.37. The number of rotatable bonds is 2. The van der Waals surface area contributed by atoms with Crippen molar-refractivity contribution >= 4 is 17.5 Å². The standard InChI is InChI=1S/C17H23ClN2O2/c18-14-5-3-13(4-6-14)17(7-10-22-11-8-17)16(21)20-9-1-2-15(19)12-20/h3-6,15H,1-2,7-12,19H2. The molecule has 0 saturated carbocycles. The maximum Gasteiger partial charge on any atom is 0.233 e. The second kappa shape index (κ2) is 6.57. The summed E-state index contributed by atoms with van der Waals surface area (Å²) in [5.41, 5.74) is 6.62. The van der Waals surface area contributed by atoms with Gasteiger partial charge in [0, 0.05) is 37.4 Å². The highest BCUT2D eigenvalue weighted by atomic mass is 35.5. The Kier molecular flexibility index (Phi) is 4.71. The van der Waals surface area contributed by atoms with Crippen LogP contribution in [0.5, 0.6) is 0 Å². The summed E-state index contributed by atoms with van der Waals surface area (Å²) < 4.78 is 5.51. The van der Waals surface area contributed by atoms with Crippen LogP contribution in [-0.4, -0.2) is 43.2 Å². The molecular weight excluding hydrogens is 300 g/mol. The molecule has 3 rings (SSSR count). The monoisotopic (exact) mass is 322 g/mol. The van der Waals surface area contributed by atoms with Crippen molar-refractivity contribution in [3.8, 4) is 0 Å². The van der Waals surface area contributed by atoms with Crippen molar-refractivity contribution in [3.63, 3.8) is 0 Å². The largest absolute Gasteiger partial charge is 0.381 e. The normalized spacial score (nSPS) is 25.0. The summed E-state index contributed by atoms with van der Waals surface area (Å²) in [6, 6.07) is 7.79. The minimum Gasteiger partial charge on any atom is -0.381 e. The van der Waals surface area contributed by atoms with Gasteiger partial charge in [0.05, 0.1) is 5.41 Å². The molecule has 0 spiro atoms. The average molecular weight is 323 g/mol. The molecule has 2 aliphatic heterocycles. The van der Waals surface area contributed by atoms with Crippen LogP contribution in [0.4, 0.5) is 0 Å². The lowest BCUT2D eigenvalue weighted by Crippen LogP contribution is -2.54. The molecule has 0 aliphatic carbocycles. The van der Waals surface area contributed by atoms with Crippen molar-refractivity contribution in [1.29, 1.82) is 0 Å². The number of benzene rings is 1. The second-order valence-electron chi connectivity index (χ2n) is 6.35. The first-order valence-corrected chi connectivity index (χ1v) is 8.38. The smallest absolute Gasteiger partial charge is 0.233 e. The number of piperidine rings is 1. The number of amides is 1. The molecule has 1 aromatic carbocycles. The van der Waals surface area contributed by atoms with E-state index in [1.54, 1.807) is 0 Å². The van der Waals surface area contributed by atoms with Crippen LogP contribution in [0.15, 0.2) is 24.3 Å². The molecule has 4 nitrogen and oxygen atoms in total. The minimum atomic E-state index is -0.486. The van der Waals surface area contributed by atoms with E-state index < -0.39 is 5.41 Å². The molecule has 1 atom stereocenters. The Morgan fingerprint density at radius 2 is 1.95 bits per heavy atom. The van der Waals surface area contributed by atoms with E-state index >= 15 is 0 Å². The van der Waals surface area contributed by atoms with Gasteiger partial charge in [-0.05, 0) is 43.4 Å². The van der Waals surface area contributed by atoms with E-state index in [2.05, 4.69) is 0 Å². The number of hydrogen-bond acceptors (Lipinski definition) is 3. The van der Waals surface area contributed by atoms with E-state index in [1.165, 1.54) is 0 Å². The number of ether oxygens (including phenoxy) is 1. The first kappa shape index (κ1) is 15.8. The zero-order valence-electron chi connectivity index (χ0n) is 12.8. The van der Waals surface area contributed by atoms with Gasteiger partial charge >= 0.3 is 0 Å². The molecule has 1 aromatic rings. The molecule has 5 heteroatoms. The lowest BCUT2D eigenvalue weighted by molar-refractivity contribution is -0.142. The third-order valence-electron chi connectivity index (χ3n) is 4.90. The predicted octanol–water partition coefficient (Wildman–Crippen LogP) is 2.34. The SMILES string of the molecule is NC1CCCN(C(=O)C2(c3ccc(Cl)cc3)CCOCC2)C1. The molecule has 2 saturated heterocycles. The first-order valence-electron chi connectivity index (χ1n) is 8.00. The van der Waals surface area contributed by atoms with Crippen molar-refractivity contribution in [2.45, 2.75) is 37.1 Å². The van der Waals surface area contributed by atoms with E-state index in [0.29, 0.717) is 24.8 Å². The van der Waals surface area contributed by atoms with Crippen LogP contribution in [0.2, 0.25) is 5.02 Å². The summed E-state index contributed by atoms with van der Waals surface area (Å²) in [4.78, 5) is 15.2. The highest BCUT2D eigenvalue weighted by molar-refractivity contribution is 6.30. The molecule has 22 heavy (non-hydrogen) atoms. The Morgan fingerprint density at radius 1 is 1.27 bits per heavy atom. The lowest BCUT2D eigenvalue weighted by atomic mass is 9.72. The summed E-state index contributed by atoms with van der Waals surface area (Å²) in [6.45, 7) is 2.71. The van der Waals surface area contributed by atoms with Crippen LogP contribution < -0.4 is 5.73 Å². The third-order valence-corrected chi connectivity index (χ3v) is 5.15. The fraction of sp³-hybridized carbons (Fsp3) is 0.588. The first-order chi connectivity index (χ1) is 10.6. The van der Waals surface area contributed by atoms with E-state index in [9.17, 15) is 4.79 Å².